The molecule has 2 N–H and O–H groups in total. The standard InChI is InChI=1S/C16H19NO/c1-18-14-8-7-12-5-2-3-6-13(12)15(14)16(11-17)9-4-10-16/h2-3,5-8H,4,9-11,17H2,1H3. The molecule has 3 rings (SSSR count). The van der Waals surface area contributed by atoms with Crippen molar-refractivity contribution in [2.24, 2.45) is 5.73 Å². The summed E-state index contributed by atoms with van der Waals surface area (Å²) in [4.78, 5) is 0. The van der Waals surface area contributed by atoms with Crippen molar-refractivity contribution in [1.29, 1.82) is 0 Å². The van der Waals surface area contributed by atoms with Gasteiger partial charge in [-0.25, -0.2) is 0 Å². The van der Waals surface area contributed by atoms with Crippen LogP contribution in [0.5, 0.6) is 5.75 Å². The number of nitrogens with two attached hydrogens (primary N) is 1. The van der Waals surface area contributed by atoms with E-state index in [0.717, 1.165) is 5.75 Å². The molecule has 2 aromatic carbocycles. The van der Waals surface area contributed by atoms with Crippen molar-refractivity contribution < 1.29 is 4.74 Å². The molecule has 0 bridgehead atoms. The van der Waals surface area contributed by atoms with Crippen LogP contribution >= 0.6 is 0 Å². The summed E-state index contributed by atoms with van der Waals surface area (Å²) in [6.07, 6.45) is 3.62. The Bertz CT molecular complexity index is 567. The van der Waals surface area contributed by atoms with Crippen LogP contribution in [0, 0.1) is 0 Å². The van der Waals surface area contributed by atoms with Gasteiger partial charge in [0.15, 0.2) is 0 Å². The van der Waals surface area contributed by atoms with Gasteiger partial charge in [0.05, 0.1) is 7.11 Å². The van der Waals surface area contributed by atoms with E-state index in [-0.39, 0.29) is 5.41 Å². The molecule has 94 valence electrons. The van der Waals surface area contributed by atoms with Crippen molar-refractivity contribution in [3.05, 3.63) is 42.0 Å². The van der Waals surface area contributed by atoms with Gasteiger partial charge >= 0.3 is 0 Å². The number of benzene rings is 2. The molecule has 0 heterocycles. The van der Waals surface area contributed by atoms with Crippen LogP contribution in [0.1, 0.15) is 24.8 Å². The second-order valence-corrected chi connectivity index (χ2v) is 5.20. The first-order chi connectivity index (χ1) is 8.80. The first kappa shape index (κ1) is 11.5. The first-order valence-electron chi connectivity index (χ1n) is 6.57. The summed E-state index contributed by atoms with van der Waals surface area (Å²) >= 11 is 0. The molecule has 1 aliphatic rings. The Kier molecular flexibility index (Phi) is 2.75. The normalized spacial score (nSPS) is 17.4. The van der Waals surface area contributed by atoms with E-state index < -0.39 is 0 Å². The third-order valence-electron chi connectivity index (χ3n) is 4.34. The van der Waals surface area contributed by atoms with Crippen LogP contribution in [0.3, 0.4) is 0 Å². The van der Waals surface area contributed by atoms with Crippen LogP contribution < -0.4 is 10.5 Å². The second-order valence-electron chi connectivity index (χ2n) is 5.20. The molecule has 0 atom stereocenters. The molecule has 2 heteroatoms. The van der Waals surface area contributed by atoms with Crippen LogP contribution in [-0.4, -0.2) is 13.7 Å². The van der Waals surface area contributed by atoms with E-state index in [9.17, 15) is 0 Å². The summed E-state index contributed by atoms with van der Waals surface area (Å²) in [5.74, 6) is 0.985. The van der Waals surface area contributed by atoms with E-state index in [1.54, 1.807) is 7.11 Å². The van der Waals surface area contributed by atoms with Crippen molar-refractivity contribution in [2.45, 2.75) is 24.7 Å². The van der Waals surface area contributed by atoms with Crippen LogP contribution in [0.15, 0.2) is 36.4 Å². The molecule has 0 unspecified atom stereocenters. The lowest BCUT2D eigenvalue weighted by molar-refractivity contribution is 0.246. The van der Waals surface area contributed by atoms with Gasteiger partial charge in [0.2, 0.25) is 0 Å². The van der Waals surface area contributed by atoms with Gasteiger partial charge in [-0.1, -0.05) is 36.8 Å². The Hall–Kier alpha value is -1.54. The summed E-state index contributed by atoms with van der Waals surface area (Å²) in [5.41, 5.74) is 7.51. The summed E-state index contributed by atoms with van der Waals surface area (Å²) < 4.78 is 5.58. The summed E-state index contributed by atoms with van der Waals surface area (Å²) in [6, 6.07) is 12.7. The minimum atomic E-state index is 0.131. The van der Waals surface area contributed by atoms with E-state index in [4.69, 9.17) is 10.5 Å². The number of hydrogen-bond acceptors (Lipinski definition) is 2. The molecule has 0 radical (unpaired) electrons. The number of hydrogen-bond donors (Lipinski definition) is 1. The Morgan fingerprint density at radius 1 is 1.17 bits per heavy atom. The molecule has 2 aromatic rings. The second kappa shape index (κ2) is 4.29. The van der Waals surface area contributed by atoms with Crippen molar-refractivity contribution >= 4 is 10.8 Å². The fourth-order valence-corrected chi connectivity index (χ4v) is 3.13. The lowest BCUT2D eigenvalue weighted by Crippen LogP contribution is -2.42. The lowest BCUT2D eigenvalue weighted by atomic mass is 9.63. The van der Waals surface area contributed by atoms with Crippen molar-refractivity contribution in [3.63, 3.8) is 0 Å². The zero-order valence-corrected chi connectivity index (χ0v) is 10.8. The Labute approximate surface area is 108 Å². The van der Waals surface area contributed by atoms with Crippen LogP contribution in [0.2, 0.25) is 0 Å². The zero-order valence-electron chi connectivity index (χ0n) is 10.8. The van der Waals surface area contributed by atoms with Gasteiger partial charge in [-0.3, -0.25) is 0 Å². The molecule has 0 aromatic heterocycles. The molecule has 0 spiro atoms. The van der Waals surface area contributed by atoms with Gasteiger partial charge in [-0.15, -0.1) is 0 Å². The summed E-state index contributed by atoms with van der Waals surface area (Å²) in [7, 11) is 1.75. The van der Waals surface area contributed by atoms with Crippen molar-refractivity contribution in [1.82, 2.24) is 0 Å². The summed E-state index contributed by atoms with van der Waals surface area (Å²) in [6.45, 7) is 0.706. The average molecular weight is 241 g/mol. The average Bonchev–Trinajstić information content (AvgIpc) is 2.38. The molecule has 0 amide bonds. The fourth-order valence-electron chi connectivity index (χ4n) is 3.13. The minimum Gasteiger partial charge on any atom is -0.496 e. The fraction of sp³-hybridized carbons (Fsp3) is 0.375. The largest absolute Gasteiger partial charge is 0.496 e. The third-order valence-corrected chi connectivity index (χ3v) is 4.34. The Morgan fingerprint density at radius 2 is 1.94 bits per heavy atom. The number of fused-ring (bicyclic) bond motifs is 1. The maximum absolute atomic E-state index is 6.06. The van der Waals surface area contributed by atoms with Gasteiger partial charge in [0.1, 0.15) is 5.75 Å². The molecule has 1 fully saturated rings. The van der Waals surface area contributed by atoms with E-state index in [2.05, 4.69) is 36.4 Å². The quantitative estimate of drug-likeness (QED) is 0.895. The Morgan fingerprint density at radius 3 is 2.56 bits per heavy atom. The van der Waals surface area contributed by atoms with E-state index >= 15 is 0 Å². The zero-order chi connectivity index (χ0) is 12.6. The highest BCUT2D eigenvalue weighted by Crippen LogP contribution is 2.49. The van der Waals surface area contributed by atoms with E-state index in [0.29, 0.717) is 6.54 Å². The number of methoxy groups -OCH3 is 1. The highest BCUT2D eigenvalue weighted by Gasteiger charge is 2.40. The van der Waals surface area contributed by atoms with Crippen LogP contribution in [-0.2, 0) is 5.41 Å². The van der Waals surface area contributed by atoms with Gasteiger partial charge in [-0.05, 0) is 29.7 Å². The van der Waals surface area contributed by atoms with Crippen molar-refractivity contribution in [2.75, 3.05) is 13.7 Å². The molecule has 18 heavy (non-hydrogen) atoms. The van der Waals surface area contributed by atoms with Crippen LogP contribution in [0.25, 0.3) is 10.8 Å². The third kappa shape index (κ3) is 1.52. The molecule has 0 aliphatic heterocycles. The van der Waals surface area contributed by atoms with Gasteiger partial charge in [0.25, 0.3) is 0 Å². The maximum atomic E-state index is 6.06. The van der Waals surface area contributed by atoms with Crippen LogP contribution in [0.4, 0.5) is 0 Å². The molecule has 1 aliphatic carbocycles. The predicted molar refractivity (Wildman–Crippen MR) is 75.1 cm³/mol. The highest BCUT2D eigenvalue weighted by molar-refractivity contribution is 5.89. The minimum absolute atomic E-state index is 0.131. The first-order valence-corrected chi connectivity index (χ1v) is 6.57. The molecule has 0 saturated heterocycles. The topological polar surface area (TPSA) is 35.2 Å². The molecule has 1 saturated carbocycles. The SMILES string of the molecule is COc1ccc2ccccc2c1C1(CN)CCC1. The number of rotatable bonds is 3. The predicted octanol–water partition coefficient (Wildman–Crippen LogP) is 3.23. The van der Waals surface area contributed by atoms with Crippen molar-refractivity contribution in [3.8, 4) is 5.75 Å². The smallest absolute Gasteiger partial charge is 0.123 e. The van der Waals surface area contributed by atoms with Gasteiger partial charge in [-0.2, -0.15) is 0 Å². The molecular weight excluding hydrogens is 222 g/mol. The van der Waals surface area contributed by atoms with Gasteiger partial charge < -0.3 is 10.5 Å². The Balaban J connectivity index is 2.30. The maximum Gasteiger partial charge on any atom is 0.123 e. The monoisotopic (exact) mass is 241 g/mol. The molecular formula is C16H19NO. The number of ether oxygens (including phenoxy) is 1. The highest BCUT2D eigenvalue weighted by atomic mass is 16.5. The lowest BCUT2D eigenvalue weighted by Gasteiger charge is -2.42. The summed E-state index contributed by atoms with van der Waals surface area (Å²) in [5, 5.41) is 2.56. The van der Waals surface area contributed by atoms with E-state index in [1.165, 1.54) is 35.6 Å². The van der Waals surface area contributed by atoms with Gasteiger partial charge in [0, 0.05) is 17.5 Å². The molecule has 2 nitrogen and oxygen atoms in total. The van der Waals surface area contributed by atoms with E-state index in [1.807, 2.05) is 0 Å².